The van der Waals surface area contributed by atoms with Gasteiger partial charge in [-0.15, -0.1) is 0 Å². The Bertz CT molecular complexity index is 328. The topological polar surface area (TPSA) is 20.2 Å². The molecule has 1 N–H and O–H groups in total. The van der Waals surface area contributed by atoms with E-state index in [0.717, 1.165) is 25.7 Å². The van der Waals surface area contributed by atoms with Crippen LogP contribution in [0.3, 0.4) is 0 Å². The molecule has 0 saturated heterocycles. The van der Waals surface area contributed by atoms with Crippen molar-refractivity contribution in [1.29, 1.82) is 0 Å². The molecule has 0 aliphatic carbocycles. The maximum atomic E-state index is 13.2. The summed E-state index contributed by atoms with van der Waals surface area (Å²) in [5.41, 5.74) is 0.0182. The van der Waals surface area contributed by atoms with Crippen molar-refractivity contribution in [3.8, 4) is 0 Å². The van der Waals surface area contributed by atoms with Crippen LogP contribution in [0.15, 0.2) is 24.3 Å². The fraction of sp³-hybridized carbons (Fsp3) is 0.385. The second-order valence-electron chi connectivity index (χ2n) is 3.61. The Morgan fingerprint density at radius 2 is 1.75 bits per heavy atom. The van der Waals surface area contributed by atoms with E-state index in [1.165, 1.54) is 24.3 Å². The molecule has 0 saturated carbocycles. The fourth-order valence-corrected chi connectivity index (χ4v) is 1.42. The highest BCUT2D eigenvalue weighted by molar-refractivity contribution is 5.50. The van der Waals surface area contributed by atoms with Gasteiger partial charge in [-0.1, -0.05) is 24.6 Å². The van der Waals surface area contributed by atoms with Crippen LogP contribution in [0.5, 0.6) is 0 Å². The van der Waals surface area contributed by atoms with Crippen molar-refractivity contribution >= 4 is 6.08 Å². The Balaban J connectivity index is 2.44. The number of unbranched alkanes of at least 4 members (excludes halogenated alkanes) is 3. The summed E-state index contributed by atoms with van der Waals surface area (Å²) in [5, 5.41) is 8.56. The van der Waals surface area contributed by atoms with Gasteiger partial charge in [0.2, 0.25) is 0 Å². The molecule has 1 nitrogen and oxygen atoms in total. The van der Waals surface area contributed by atoms with E-state index < -0.39 is 11.6 Å². The SMILES string of the molecule is OCCCCCC=Cc1c(F)cccc1F. The number of aliphatic hydroxyl groups is 1. The molecule has 3 heteroatoms. The minimum Gasteiger partial charge on any atom is -0.396 e. The van der Waals surface area contributed by atoms with Gasteiger partial charge >= 0.3 is 0 Å². The van der Waals surface area contributed by atoms with Crippen molar-refractivity contribution in [2.75, 3.05) is 6.61 Å². The maximum absolute atomic E-state index is 13.2. The monoisotopic (exact) mass is 226 g/mol. The molecule has 0 aliphatic rings. The zero-order valence-electron chi connectivity index (χ0n) is 9.13. The molecular formula is C13H16F2O. The Hall–Kier alpha value is -1.22. The number of allylic oxidation sites excluding steroid dienone is 1. The van der Waals surface area contributed by atoms with Gasteiger partial charge in [-0.05, 0) is 31.4 Å². The lowest BCUT2D eigenvalue weighted by Gasteiger charge is -1.98. The highest BCUT2D eigenvalue weighted by Gasteiger charge is 2.03. The van der Waals surface area contributed by atoms with E-state index in [0.29, 0.717) is 0 Å². The van der Waals surface area contributed by atoms with Gasteiger partial charge < -0.3 is 5.11 Å². The molecule has 0 aromatic heterocycles. The van der Waals surface area contributed by atoms with Crippen molar-refractivity contribution in [2.45, 2.75) is 25.7 Å². The highest BCUT2D eigenvalue weighted by atomic mass is 19.1. The van der Waals surface area contributed by atoms with Gasteiger partial charge in [-0.2, -0.15) is 0 Å². The van der Waals surface area contributed by atoms with E-state index in [1.54, 1.807) is 6.08 Å². The third-order valence-electron chi connectivity index (χ3n) is 2.31. The number of halogens is 2. The van der Waals surface area contributed by atoms with Crippen LogP contribution in [0.4, 0.5) is 8.78 Å². The minimum atomic E-state index is -0.536. The van der Waals surface area contributed by atoms with Crippen molar-refractivity contribution in [3.63, 3.8) is 0 Å². The summed E-state index contributed by atoms with van der Waals surface area (Å²) in [6.07, 6.45) is 6.64. The number of hydrogen-bond donors (Lipinski definition) is 1. The smallest absolute Gasteiger partial charge is 0.133 e. The lowest BCUT2D eigenvalue weighted by molar-refractivity contribution is 0.283. The van der Waals surface area contributed by atoms with Crippen molar-refractivity contribution in [3.05, 3.63) is 41.5 Å². The van der Waals surface area contributed by atoms with E-state index in [1.807, 2.05) is 0 Å². The Kier molecular flexibility index (Phi) is 5.72. The molecule has 1 aromatic carbocycles. The fourth-order valence-electron chi connectivity index (χ4n) is 1.42. The van der Waals surface area contributed by atoms with Gasteiger partial charge in [0.15, 0.2) is 0 Å². The summed E-state index contributed by atoms with van der Waals surface area (Å²) in [6, 6.07) is 3.84. The Morgan fingerprint density at radius 1 is 1.06 bits per heavy atom. The van der Waals surface area contributed by atoms with Crippen LogP contribution in [0.25, 0.3) is 6.08 Å². The summed E-state index contributed by atoms with van der Waals surface area (Å²) in [4.78, 5) is 0. The van der Waals surface area contributed by atoms with Gasteiger partial charge in [-0.25, -0.2) is 8.78 Å². The van der Waals surface area contributed by atoms with E-state index in [4.69, 9.17) is 5.11 Å². The first-order chi connectivity index (χ1) is 7.75. The zero-order valence-corrected chi connectivity index (χ0v) is 9.13. The average Bonchev–Trinajstić information content (AvgIpc) is 2.26. The van der Waals surface area contributed by atoms with Crippen LogP contribution in [0.2, 0.25) is 0 Å². The second kappa shape index (κ2) is 7.12. The predicted octanol–water partition coefficient (Wildman–Crippen LogP) is 3.53. The first-order valence-electron chi connectivity index (χ1n) is 5.47. The quantitative estimate of drug-likeness (QED) is 0.736. The Morgan fingerprint density at radius 3 is 2.38 bits per heavy atom. The molecule has 0 spiro atoms. The molecule has 0 fully saturated rings. The largest absolute Gasteiger partial charge is 0.396 e. The summed E-state index contributed by atoms with van der Waals surface area (Å²) >= 11 is 0. The second-order valence-corrected chi connectivity index (χ2v) is 3.61. The first kappa shape index (κ1) is 12.8. The molecule has 16 heavy (non-hydrogen) atoms. The van der Waals surface area contributed by atoms with Gasteiger partial charge in [0.05, 0.1) is 0 Å². The van der Waals surface area contributed by atoms with Crippen molar-refractivity contribution < 1.29 is 13.9 Å². The molecule has 0 atom stereocenters. The lowest BCUT2D eigenvalue weighted by Crippen LogP contribution is -1.87. The molecule has 0 amide bonds. The zero-order chi connectivity index (χ0) is 11.8. The number of benzene rings is 1. The van der Waals surface area contributed by atoms with Crippen LogP contribution in [-0.4, -0.2) is 11.7 Å². The third-order valence-corrected chi connectivity index (χ3v) is 2.31. The number of aliphatic hydroxyl groups excluding tert-OH is 1. The lowest BCUT2D eigenvalue weighted by atomic mass is 10.1. The minimum absolute atomic E-state index is 0.0182. The highest BCUT2D eigenvalue weighted by Crippen LogP contribution is 2.14. The molecule has 0 aliphatic heterocycles. The normalized spacial score (nSPS) is 11.2. The van der Waals surface area contributed by atoms with Crippen molar-refractivity contribution in [1.82, 2.24) is 0 Å². The average molecular weight is 226 g/mol. The van der Waals surface area contributed by atoms with Crippen LogP contribution in [0, 0.1) is 11.6 Å². The Labute approximate surface area is 94.4 Å². The molecule has 0 bridgehead atoms. The summed E-state index contributed by atoms with van der Waals surface area (Å²) in [7, 11) is 0. The summed E-state index contributed by atoms with van der Waals surface area (Å²) < 4.78 is 26.3. The number of rotatable bonds is 6. The molecule has 0 radical (unpaired) electrons. The van der Waals surface area contributed by atoms with Gasteiger partial charge in [0, 0.05) is 12.2 Å². The molecule has 1 aromatic rings. The van der Waals surface area contributed by atoms with Crippen molar-refractivity contribution in [2.24, 2.45) is 0 Å². The summed E-state index contributed by atoms with van der Waals surface area (Å²) in [6.45, 7) is 0.200. The van der Waals surface area contributed by atoms with Crippen LogP contribution in [0.1, 0.15) is 31.2 Å². The van der Waals surface area contributed by atoms with E-state index in [-0.39, 0.29) is 12.2 Å². The van der Waals surface area contributed by atoms with Crippen LogP contribution >= 0.6 is 0 Å². The van der Waals surface area contributed by atoms with Gasteiger partial charge in [-0.3, -0.25) is 0 Å². The molecule has 0 heterocycles. The standard InChI is InChI=1S/C13H16F2O/c14-12-8-6-9-13(15)11(12)7-4-2-1-3-5-10-16/h4,6-9,16H,1-3,5,10H2. The van der Waals surface area contributed by atoms with E-state index in [2.05, 4.69) is 0 Å². The summed E-state index contributed by atoms with van der Waals surface area (Å²) in [5.74, 6) is -1.07. The van der Waals surface area contributed by atoms with E-state index >= 15 is 0 Å². The molecule has 88 valence electrons. The molecule has 0 unspecified atom stereocenters. The van der Waals surface area contributed by atoms with Gasteiger partial charge in [0.1, 0.15) is 11.6 Å². The third kappa shape index (κ3) is 4.11. The molecular weight excluding hydrogens is 210 g/mol. The van der Waals surface area contributed by atoms with Crippen LogP contribution in [-0.2, 0) is 0 Å². The predicted molar refractivity (Wildman–Crippen MR) is 60.9 cm³/mol. The first-order valence-corrected chi connectivity index (χ1v) is 5.47. The van der Waals surface area contributed by atoms with E-state index in [9.17, 15) is 8.78 Å². The maximum Gasteiger partial charge on any atom is 0.133 e. The molecule has 1 rings (SSSR count). The van der Waals surface area contributed by atoms with Gasteiger partial charge in [0.25, 0.3) is 0 Å². The van der Waals surface area contributed by atoms with Crippen LogP contribution < -0.4 is 0 Å². The number of hydrogen-bond acceptors (Lipinski definition) is 1.